The van der Waals surface area contributed by atoms with Crippen molar-refractivity contribution in [1.82, 2.24) is 15.1 Å². The van der Waals surface area contributed by atoms with E-state index in [-0.39, 0.29) is 5.41 Å². The second-order valence-corrected chi connectivity index (χ2v) is 5.81. The zero-order valence-electron chi connectivity index (χ0n) is 12.0. The molecule has 0 aromatic carbocycles. The van der Waals surface area contributed by atoms with E-state index in [2.05, 4.69) is 44.3 Å². The summed E-state index contributed by atoms with van der Waals surface area (Å²) >= 11 is 0. The van der Waals surface area contributed by atoms with E-state index in [0.717, 1.165) is 13.1 Å². The molecule has 1 aromatic heterocycles. The first kappa shape index (κ1) is 14.2. The molecule has 0 radical (unpaired) electrons. The van der Waals surface area contributed by atoms with Gasteiger partial charge in [0.15, 0.2) is 0 Å². The minimum absolute atomic E-state index is 0.127. The summed E-state index contributed by atoms with van der Waals surface area (Å²) in [6.07, 6.45) is 5.99. The average Bonchev–Trinajstić information content (AvgIpc) is 2.59. The molecule has 0 aliphatic carbocycles. The zero-order valence-corrected chi connectivity index (χ0v) is 12.0. The number of nitrogens with zero attached hydrogens (tertiary/aromatic N) is 2. The summed E-state index contributed by atoms with van der Waals surface area (Å²) in [5.74, 6) is 0. The molecule has 0 amide bonds. The number of rotatable bonds is 6. The Morgan fingerprint density at radius 1 is 1.29 bits per heavy atom. The van der Waals surface area contributed by atoms with Crippen molar-refractivity contribution in [2.75, 3.05) is 6.54 Å². The lowest BCUT2D eigenvalue weighted by molar-refractivity contribution is 0.541. The van der Waals surface area contributed by atoms with Gasteiger partial charge in [-0.2, -0.15) is 5.10 Å². The Kier molecular flexibility index (Phi) is 5.19. The van der Waals surface area contributed by atoms with Gasteiger partial charge in [0, 0.05) is 30.8 Å². The Labute approximate surface area is 106 Å². The van der Waals surface area contributed by atoms with E-state index in [1.807, 2.05) is 11.7 Å². The predicted molar refractivity (Wildman–Crippen MR) is 73.1 cm³/mol. The first-order valence-electron chi connectivity index (χ1n) is 6.69. The molecule has 0 saturated heterocycles. The quantitative estimate of drug-likeness (QED) is 0.771. The highest BCUT2D eigenvalue weighted by Gasteiger charge is 2.21. The van der Waals surface area contributed by atoms with Gasteiger partial charge in [0.25, 0.3) is 0 Å². The summed E-state index contributed by atoms with van der Waals surface area (Å²) in [5.41, 5.74) is 2.67. The summed E-state index contributed by atoms with van der Waals surface area (Å²) < 4.78 is 1.92. The van der Waals surface area contributed by atoms with E-state index in [1.165, 1.54) is 30.5 Å². The van der Waals surface area contributed by atoms with E-state index < -0.39 is 0 Å². The van der Waals surface area contributed by atoms with Gasteiger partial charge < -0.3 is 5.32 Å². The molecule has 98 valence electrons. The van der Waals surface area contributed by atoms with Crippen molar-refractivity contribution in [2.24, 2.45) is 7.05 Å². The lowest BCUT2D eigenvalue weighted by atomic mass is 9.89. The van der Waals surface area contributed by atoms with Crippen LogP contribution in [0.4, 0.5) is 0 Å². The highest BCUT2D eigenvalue weighted by Crippen LogP contribution is 2.23. The van der Waals surface area contributed by atoms with Crippen molar-refractivity contribution in [3.05, 3.63) is 17.5 Å². The van der Waals surface area contributed by atoms with Gasteiger partial charge in [0.2, 0.25) is 0 Å². The molecule has 3 heteroatoms. The summed E-state index contributed by atoms with van der Waals surface area (Å²) in [6, 6.07) is 0. The largest absolute Gasteiger partial charge is 0.313 e. The number of aromatic nitrogens is 2. The number of unbranched alkanes of at least 4 members (excludes halogenated alkanes) is 2. The monoisotopic (exact) mass is 237 g/mol. The van der Waals surface area contributed by atoms with Crippen LogP contribution in [0.25, 0.3) is 0 Å². The van der Waals surface area contributed by atoms with Crippen LogP contribution in [0, 0.1) is 0 Å². The topological polar surface area (TPSA) is 29.9 Å². The molecule has 0 saturated carbocycles. The molecule has 0 fully saturated rings. The maximum absolute atomic E-state index is 4.57. The Hall–Kier alpha value is -0.830. The Bertz CT molecular complexity index is 334. The van der Waals surface area contributed by atoms with Gasteiger partial charge >= 0.3 is 0 Å². The average molecular weight is 237 g/mol. The molecule has 0 aliphatic heterocycles. The van der Waals surface area contributed by atoms with E-state index in [9.17, 15) is 0 Å². The van der Waals surface area contributed by atoms with Crippen LogP contribution in [-0.4, -0.2) is 16.3 Å². The van der Waals surface area contributed by atoms with Crippen molar-refractivity contribution in [3.8, 4) is 0 Å². The summed E-state index contributed by atoms with van der Waals surface area (Å²) in [6.45, 7) is 10.9. The van der Waals surface area contributed by atoms with E-state index in [4.69, 9.17) is 0 Å². The minimum atomic E-state index is 0.127. The maximum atomic E-state index is 4.57. The van der Waals surface area contributed by atoms with E-state index in [1.54, 1.807) is 0 Å². The summed E-state index contributed by atoms with van der Waals surface area (Å²) in [4.78, 5) is 0. The molecule has 0 spiro atoms. The Morgan fingerprint density at radius 2 is 2.00 bits per heavy atom. The molecule has 1 aromatic rings. The normalized spacial score (nSPS) is 12.1. The molecule has 0 atom stereocenters. The highest BCUT2D eigenvalue weighted by molar-refractivity contribution is 5.23. The molecule has 1 heterocycles. The fourth-order valence-corrected chi connectivity index (χ4v) is 2.02. The SMILES string of the molecule is CCCCCNCc1cn(C)nc1C(C)(C)C. The van der Waals surface area contributed by atoms with E-state index >= 15 is 0 Å². The first-order chi connectivity index (χ1) is 7.95. The molecule has 1 rings (SSSR count). The van der Waals surface area contributed by atoms with Crippen molar-refractivity contribution >= 4 is 0 Å². The van der Waals surface area contributed by atoms with Gasteiger partial charge in [-0.25, -0.2) is 0 Å². The molecular weight excluding hydrogens is 210 g/mol. The Morgan fingerprint density at radius 3 is 2.59 bits per heavy atom. The fraction of sp³-hybridized carbons (Fsp3) is 0.786. The molecule has 0 bridgehead atoms. The lowest BCUT2D eigenvalue weighted by Gasteiger charge is -2.17. The third-order valence-electron chi connectivity index (χ3n) is 2.89. The summed E-state index contributed by atoms with van der Waals surface area (Å²) in [5, 5.41) is 8.08. The standard InChI is InChI=1S/C14H27N3/c1-6-7-8-9-15-10-12-11-17(5)16-13(12)14(2,3)4/h11,15H,6-10H2,1-5H3. The molecule has 0 aliphatic rings. The van der Waals surface area contributed by atoms with Crippen molar-refractivity contribution in [1.29, 1.82) is 0 Å². The number of hydrogen-bond acceptors (Lipinski definition) is 2. The smallest absolute Gasteiger partial charge is 0.0722 e. The maximum Gasteiger partial charge on any atom is 0.0722 e. The fourth-order valence-electron chi connectivity index (χ4n) is 2.02. The van der Waals surface area contributed by atoms with Crippen LogP contribution in [0.1, 0.15) is 58.2 Å². The van der Waals surface area contributed by atoms with Crippen LogP contribution in [0.15, 0.2) is 6.20 Å². The van der Waals surface area contributed by atoms with Gasteiger partial charge in [-0.05, 0) is 13.0 Å². The van der Waals surface area contributed by atoms with Crippen LogP contribution >= 0.6 is 0 Å². The third kappa shape index (κ3) is 4.50. The molecule has 17 heavy (non-hydrogen) atoms. The minimum Gasteiger partial charge on any atom is -0.313 e. The molecule has 1 N–H and O–H groups in total. The number of aryl methyl sites for hydroxylation is 1. The van der Waals surface area contributed by atoms with Gasteiger partial charge in [-0.3, -0.25) is 4.68 Å². The molecule has 0 unspecified atom stereocenters. The number of hydrogen-bond donors (Lipinski definition) is 1. The van der Waals surface area contributed by atoms with E-state index in [0.29, 0.717) is 0 Å². The third-order valence-corrected chi connectivity index (χ3v) is 2.89. The second kappa shape index (κ2) is 6.20. The molecular formula is C14H27N3. The predicted octanol–water partition coefficient (Wildman–Crippen LogP) is 3.00. The first-order valence-corrected chi connectivity index (χ1v) is 6.69. The second-order valence-electron chi connectivity index (χ2n) is 5.81. The highest BCUT2D eigenvalue weighted by atomic mass is 15.3. The lowest BCUT2D eigenvalue weighted by Crippen LogP contribution is -2.19. The zero-order chi connectivity index (χ0) is 12.9. The van der Waals surface area contributed by atoms with Crippen LogP contribution in [0.5, 0.6) is 0 Å². The van der Waals surface area contributed by atoms with Crippen molar-refractivity contribution in [2.45, 2.75) is 58.9 Å². The molecule has 3 nitrogen and oxygen atoms in total. The van der Waals surface area contributed by atoms with Crippen LogP contribution < -0.4 is 5.32 Å². The Balaban J connectivity index is 2.53. The van der Waals surface area contributed by atoms with Crippen molar-refractivity contribution < 1.29 is 0 Å². The van der Waals surface area contributed by atoms with Gasteiger partial charge in [-0.15, -0.1) is 0 Å². The van der Waals surface area contributed by atoms with Crippen LogP contribution in [0.3, 0.4) is 0 Å². The summed E-state index contributed by atoms with van der Waals surface area (Å²) in [7, 11) is 2.00. The van der Waals surface area contributed by atoms with Crippen LogP contribution in [-0.2, 0) is 19.0 Å². The van der Waals surface area contributed by atoms with Gasteiger partial charge in [-0.1, -0.05) is 40.5 Å². The van der Waals surface area contributed by atoms with Crippen molar-refractivity contribution in [3.63, 3.8) is 0 Å². The number of nitrogens with one attached hydrogen (secondary N) is 1. The van der Waals surface area contributed by atoms with Crippen LogP contribution in [0.2, 0.25) is 0 Å². The van der Waals surface area contributed by atoms with Gasteiger partial charge in [0.1, 0.15) is 0 Å². The van der Waals surface area contributed by atoms with Gasteiger partial charge in [0.05, 0.1) is 5.69 Å².